The number of para-hydroxylation sites is 1. The molecule has 6 heteroatoms. The highest BCUT2D eigenvalue weighted by Crippen LogP contribution is 2.32. The van der Waals surface area contributed by atoms with E-state index in [4.69, 9.17) is 0 Å². The molecule has 0 unspecified atom stereocenters. The minimum absolute atomic E-state index is 0.0654. The lowest BCUT2D eigenvalue weighted by molar-refractivity contribution is 0.102. The molecule has 4 nitrogen and oxygen atoms in total. The van der Waals surface area contributed by atoms with Gasteiger partial charge in [-0.15, -0.1) is 10.2 Å². The van der Waals surface area contributed by atoms with Crippen molar-refractivity contribution in [3.8, 4) is 17.1 Å². The number of aromatic nitrogens is 3. The Kier molecular flexibility index (Phi) is 5.69. The van der Waals surface area contributed by atoms with Gasteiger partial charge in [-0.3, -0.25) is 9.36 Å². The molecule has 0 atom stereocenters. The van der Waals surface area contributed by atoms with E-state index in [0.29, 0.717) is 16.5 Å². The minimum atomic E-state index is 0.0654. The molecule has 0 aliphatic rings. The lowest BCUT2D eigenvalue weighted by Crippen LogP contribution is -2.05. The summed E-state index contributed by atoms with van der Waals surface area (Å²) >= 11 is 4.99. The molecule has 0 fully saturated rings. The van der Waals surface area contributed by atoms with Crippen molar-refractivity contribution in [2.24, 2.45) is 0 Å². The maximum atomic E-state index is 12.5. The van der Waals surface area contributed by atoms with Gasteiger partial charge in [-0.1, -0.05) is 94.4 Å². The van der Waals surface area contributed by atoms with E-state index >= 15 is 0 Å². The average Bonchev–Trinajstić information content (AvgIpc) is 3.17. The molecule has 0 bridgehead atoms. The Bertz CT molecular complexity index is 1100. The number of nitrogens with zero attached hydrogens (tertiary/aromatic N) is 3. The number of benzene rings is 3. The van der Waals surface area contributed by atoms with E-state index in [0.717, 1.165) is 21.5 Å². The van der Waals surface area contributed by atoms with Crippen molar-refractivity contribution >= 4 is 33.5 Å². The van der Waals surface area contributed by atoms with E-state index in [-0.39, 0.29) is 5.78 Å². The van der Waals surface area contributed by atoms with Crippen LogP contribution in [0.1, 0.15) is 10.4 Å². The number of carbonyl (C=O) groups excluding carboxylic acids is 1. The third-order valence-corrected chi connectivity index (χ3v) is 5.81. The fourth-order valence-electron chi connectivity index (χ4n) is 2.83. The molecule has 138 valence electrons. The topological polar surface area (TPSA) is 47.8 Å². The second-order valence-corrected chi connectivity index (χ2v) is 7.83. The van der Waals surface area contributed by atoms with Gasteiger partial charge in [0, 0.05) is 21.3 Å². The van der Waals surface area contributed by atoms with Gasteiger partial charge < -0.3 is 0 Å². The van der Waals surface area contributed by atoms with Crippen molar-refractivity contribution in [2.45, 2.75) is 5.16 Å². The van der Waals surface area contributed by atoms with Crippen LogP contribution >= 0.6 is 27.7 Å². The Morgan fingerprint density at radius 1 is 0.857 bits per heavy atom. The first-order valence-corrected chi connectivity index (χ1v) is 10.5. The van der Waals surface area contributed by atoms with E-state index in [1.54, 1.807) is 0 Å². The van der Waals surface area contributed by atoms with E-state index in [2.05, 4.69) is 26.1 Å². The summed E-state index contributed by atoms with van der Waals surface area (Å²) in [6.45, 7) is 0. The highest BCUT2D eigenvalue weighted by molar-refractivity contribution is 9.10. The van der Waals surface area contributed by atoms with Crippen LogP contribution in [0, 0.1) is 0 Å². The summed E-state index contributed by atoms with van der Waals surface area (Å²) in [7, 11) is 0. The largest absolute Gasteiger partial charge is 0.293 e. The zero-order valence-corrected chi connectivity index (χ0v) is 17.2. The molecule has 1 heterocycles. The first-order chi connectivity index (χ1) is 13.7. The quantitative estimate of drug-likeness (QED) is 0.281. The van der Waals surface area contributed by atoms with Gasteiger partial charge in [-0.25, -0.2) is 0 Å². The van der Waals surface area contributed by atoms with Crippen molar-refractivity contribution in [1.29, 1.82) is 0 Å². The van der Waals surface area contributed by atoms with Crippen LogP contribution in [-0.2, 0) is 0 Å². The van der Waals surface area contributed by atoms with Crippen molar-refractivity contribution in [1.82, 2.24) is 14.8 Å². The number of ketones is 1. The van der Waals surface area contributed by atoms with Crippen molar-refractivity contribution in [2.75, 3.05) is 5.75 Å². The van der Waals surface area contributed by atoms with Gasteiger partial charge in [-0.05, 0) is 18.2 Å². The van der Waals surface area contributed by atoms with Crippen molar-refractivity contribution < 1.29 is 4.79 Å². The van der Waals surface area contributed by atoms with Crippen LogP contribution in [0.25, 0.3) is 17.1 Å². The van der Waals surface area contributed by atoms with Crippen molar-refractivity contribution in [3.05, 3.63) is 95.0 Å². The van der Waals surface area contributed by atoms with Crippen LogP contribution in [0.3, 0.4) is 0 Å². The maximum Gasteiger partial charge on any atom is 0.196 e. The van der Waals surface area contributed by atoms with Gasteiger partial charge in [0.2, 0.25) is 0 Å². The Morgan fingerprint density at radius 3 is 2.21 bits per heavy atom. The molecule has 0 spiro atoms. The highest BCUT2D eigenvalue weighted by atomic mass is 79.9. The Balaban J connectivity index is 1.70. The van der Waals surface area contributed by atoms with E-state index in [1.807, 2.05) is 89.5 Å². The summed E-state index contributed by atoms with van der Waals surface area (Å²) in [5, 5.41) is 9.49. The molecule has 28 heavy (non-hydrogen) atoms. The molecule has 1 aromatic heterocycles. The zero-order chi connectivity index (χ0) is 19.3. The molecule has 3 aromatic carbocycles. The molecule has 0 N–H and O–H groups in total. The number of hydrogen-bond donors (Lipinski definition) is 0. The van der Waals surface area contributed by atoms with Crippen LogP contribution in [0.5, 0.6) is 0 Å². The fraction of sp³-hybridized carbons (Fsp3) is 0.0455. The number of rotatable bonds is 6. The van der Waals surface area contributed by atoms with Gasteiger partial charge in [0.15, 0.2) is 16.8 Å². The van der Waals surface area contributed by atoms with E-state index in [9.17, 15) is 4.79 Å². The summed E-state index contributed by atoms with van der Waals surface area (Å²) < 4.78 is 2.93. The van der Waals surface area contributed by atoms with Crippen LogP contribution in [-0.4, -0.2) is 26.3 Å². The predicted molar refractivity (Wildman–Crippen MR) is 116 cm³/mol. The third-order valence-electron chi connectivity index (χ3n) is 4.19. The fourth-order valence-corrected chi connectivity index (χ4v) is 4.14. The first-order valence-electron chi connectivity index (χ1n) is 8.71. The maximum absolute atomic E-state index is 12.5. The number of Topliss-reactive ketones (excluding diaryl/α,β-unsaturated/α-hetero) is 1. The average molecular weight is 450 g/mol. The second-order valence-electron chi connectivity index (χ2n) is 6.03. The van der Waals surface area contributed by atoms with Gasteiger partial charge in [0.25, 0.3) is 0 Å². The van der Waals surface area contributed by atoms with Crippen LogP contribution < -0.4 is 0 Å². The normalized spacial score (nSPS) is 10.8. The molecule has 0 saturated carbocycles. The minimum Gasteiger partial charge on any atom is -0.293 e. The molecular weight excluding hydrogens is 434 g/mol. The molecule has 0 saturated heterocycles. The lowest BCUT2D eigenvalue weighted by Gasteiger charge is -2.11. The second kappa shape index (κ2) is 8.54. The van der Waals surface area contributed by atoms with Crippen molar-refractivity contribution in [3.63, 3.8) is 0 Å². The third kappa shape index (κ3) is 3.93. The Labute approximate surface area is 175 Å². The monoisotopic (exact) mass is 449 g/mol. The lowest BCUT2D eigenvalue weighted by atomic mass is 10.2. The standard InChI is InChI=1S/C22H16BrN3OS/c23-19-14-8-7-13-18(19)21-24-25-22(26(21)17-11-5-2-6-12-17)28-15-20(27)16-9-3-1-4-10-16/h1-14H,15H2. The van der Waals surface area contributed by atoms with Gasteiger partial charge in [0.05, 0.1) is 5.75 Å². The summed E-state index contributed by atoms with van der Waals surface area (Å²) in [5.41, 5.74) is 2.60. The predicted octanol–water partition coefficient (Wildman–Crippen LogP) is 5.67. The van der Waals surface area contributed by atoms with E-state index < -0.39 is 0 Å². The summed E-state index contributed by atoms with van der Waals surface area (Å²) in [5.74, 6) is 1.09. The molecule has 4 rings (SSSR count). The van der Waals surface area contributed by atoms with Gasteiger partial charge in [-0.2, -0.15) is 0 Å². The first kappa shape index (κ1) is 18.7. The van der Waals surface area contributed by atoms with Gasteiger partial charge in [0.1, 0.15) is 0 Å². The number of carbonyl (C=O) groups is 1. The molecule has 0 amide bonds. The number of hydrogen-bond acceptors (Lipinski definition) is 4. The molecule has 0 radical (unpaired) electrons. The van der Waals surface area contributed by atoms with Gasteiger partial charge >= 0.3 is 0 Å². The molecule has 0 aliphatic carbocycles. The zero-order valence-electron chi connectivity index (χ0n) is 14.8. The Hall–Kier alpha value is -2.70. The SMILES string of the molecule is O=C(CSc1nnc(-c2ccccc2Br)n1-c1ccccc1)c1ccccc1. The summed E-state index contributed by atoms with van der Waals surface area (Å²) in [6, 6.07) is 27.1. The Morgan fingerprint density at radius 2 is 1.50 bits per heavy atom. The molecular formula is C22H16BrN3OS. The summed E-state index contributed by atoms with van der Waals surface area (Å²) in [6.07, 6.45) is 0. The van der Waals surface area contributed by atoms with E-state index in [1.165, 1.54) is 11.8 Å². The molecule has 0 aliphatic heterocycles. The highest BCUT2D eigenvalue weighted by Gasteiger charge is 2.18. The van der Waals surface area contributed by atoms with Crippen LogP contribution in [0.2, 0.25) is 0 Å². The molecule has 4 aromatic rings. The van der Waals surface area contributed by atoms with Crippen LogP contribution in [0.15, 0.2) is 94.6 Å². The summed E-state index contributed by atoms with van der Waals surface area (Å²) in [4.78, 5) is 12.5. The van der Waals surface area contributed by atoms with Crippen LogP contribution in [0.4, 0.5) is 0 Å². The number of halogens is 1. The smallest absolute Gasteiger partial charge is 0.196 e. The number of thioether (sulfide) groups is 1.